The minimum absolute atomic E-state index is 0.122. The Labute approximate surface area is 216 Å². The molecule has 9 heteroatoms. The molecule has 2 aromatic carbocycles. The highest BCUT2D eigenvalue weighted by Gasteiger charge is 2.17. The van der Waals surface area contributed by atoms with Crippen molar-refractivity contribution in [1.29, 1.82) is 0 Å². The van der Waals surface area contributed by atoms with E-state index in [0.717, 1.165) is 62.3 Å². The summed E-state index contributed by atoms with van der Waals surface area (Å²) in [4.78, 5) is 20.5. The smallest absolute Gasteiger partial charge is 0.253 e. The molecule has 0 aliphatic carbocycles. The zero-order chi connectivity index (χ0) is 24.7. The average Bonchev–Trinajstić information content (AvgIpc) is 2.91. The Hall–Kier alpha value is -3.14. The van der Waals surface area contributed by atoms with Crippen LogP contribution in [0.1, 0.15) is 17.5 Å². The van der Waals surface area contributed by atoms with Gasteiger partial charge < -0.3 is 29.4 Å². The molecular formula is C27H32N4O4S. The van der Waals surface area contributed by atoms with Crippen molar-refractivity contribution in [2.75, 3.05) is 52.6 Å². The van der Waals surface area contributed by atoms with Gasteiger partial charge in [-0.05, 0) is 36.3 Å². The van der Waals surface area contributed by atoms with Crippen LogP contribution >= 0.6 is 12.2 Å². The van der Waals surface area contributed by atoms with Gasteiger partial charge in [0.1, 0.15) is 13.2 Å². The van der Waals surface area contributed by atoms with Crippen LogP contribution in [0.25, 0.3) is 10.9 Å². The lowest BCUT2D eigenvalue weighted by Crippen LogP contribution is -2.42. The summed E-state index contributed by atoms with van der Waals surface area (Å²) in [6.45, 7) is 7.28. The quantitative estimate of drug-likeness (QED) is 0.450. The number of nitrogens with zero attached hydrogens (tertiary/aromatic N) is 2. The van der Waals surface area contributed by atoms with E-state index in [1.807, 2.05) is 36.4 Å². The van der Waals surface area contributed by atoms with Gasteiger partial charge >= 0.3 is 0 Å². The van der Waals surface area contributed by atoms with Crippen molar-refractivity contribution in [2.24, 2.45) is 0 Å². The van der Waals surface area contributed by atoms with Crippen molar-refractivity contribution in [1.82, 2.24) is 20.1 Å². The minimum Gasteiger partial charge on any atom is -0.486 e. The van der Waals surface area contributed by atoms with E-state index in [-0.39, 0.29) is 5.56 Å². The summed E-state index contributed by atoms with van der Waals surface area (Å²) in [6, 6.07) is 15.9. The topological polar surface area (TPSA) is 79.1 Å². The molecule has 1 aromatic heterocycles. The van der Waals surface area contributed by atoms with Gasteiger partial charge in [-0.25, -0.2) is 0 Å². The largest absolute Gasteiger partial charge is 0.486 e. The van der Waals surface area contributed by atoms with Gasteiger partial charge in [-0.2, -0.15) is 0 Å². The fourth-order valence-corrected chi connectivity index (χ4v) is 4.79. The van der Waals surface area contributed by atoms with Gasteiger partial charge in [-0.3, -0.25) is 9.69 Å². The molecule has 0 bridgehead atoms. The van der Waals surface area contributed by atoms with Crippen LogP contribution < -0.4 is 20.3 Å². The van der Waals surface area contributed by atoms with E-state index in [2.05, 4.69) is 32.2 Å². The summed E-state index contributed by atoms with van der Waals surface area (Å²) in [5.74, 6) is 1.36. The molecule has 0 saturated carbocycles. The molecule has 2 aliphatic heterocycles. The normalized spacial score (nSPS) is 15.6. The summed E-state index contributed by atoms with van der Waals surface area (Å²) in [7, 11) is 0. The number of fused-ring (bicyclic) bond motifs is 2. The second kappa shape index (κ2) is 11.7. The molecule has 8 nitrogen and oxygen atoms in total. The monoisotopic (exact) mass is 508 g/mol. The predicted octanol–water partition coefficient (Wildman–Crippen LogP) is 2.90. The third-order valence-corrected chi connectivity index (χ3v) is 6.93. The van der Waals surface area contributed by atoms with Gasteiger partial charge in [0.15, 0.2) is 16.6 Å². The van der Waals surface area contributed by atoms with E-state index >= 15 is 0 Å². The molecule has 5 rings (SSSR count). The fraction of sp³-hybridized carbons (Fsp3) is 0.407. The maximum absolute atomic E-state index is 13.0. The Kier molecular flexibility index (Phi) is 8.00. The van der Waals surface area contributed by atoms with Crippen LogP contribution in [0.4, 0.5) is 0 Å². The summed E-state index contributed by atoms with van der Waals surface area (Å²) < 4.78 is 16.9. The minimum atomic E-state index is -0.122. The number of nitrogens with one attached hydrogen (secondary N) is 2. The number of morpholine rings is 1. The maximum atomic E-state index is 13.0. The summed E-state index contributed by atoms with van der Waals surface area (Å²) in [5.41, 5.74) is 2.43. The van der Waals surface area contributed by atoms with E-state index < -0.39 is 0 Å². The molecule has 3 aromatic rings. The summed E-state index contributed by atoms with van der Waals surface area (Å²) in [5, 5.41) is 4.93. The van der Waals surface area contributed by atoms with Crippen LogP contribution in [-0.2, 0) is 17.8 Å². The molecule has 190 valence electrons. The van der Waals surface area contributed by atoms with Crippen molar-refractivity contribution in [3.63, 3.8) is 0 Å². The van der Waals surface area contributed by atoms with Gasteiger partial charge in [0.05, 0.1) is 25.3 Å². The molecule has 0 unspecified atom stereocenters. The van der Waals surface area contributed by atoms with E-state index in [1.165, 1.54) is 0 Å². The number of thiocarbonyl (C=S) groups is 1. The SMILES string of the molecule is O=c1[nH]c2cc3c(cc2cc1CN(CCCN1CCOCC1)C(=S)NCc1ccccc1)OCCO3. The lowest BCUT2D eigenvalue weighted by Gasteiger charge is -2.29. The number of hydrogen-bond acceptors (Lipinski definition) is 6. The first-order valence-electron chi connectivity index (χ1n) is 12.5. The first-order chi connectivity index (χ1) is 17.7. The number of ether oxygens (including phenoxy) is 3. The van der Waals surface area contributed by atoms with Crippen molar-refractivity contribution in [3.8, 4) is 11.5 Å². The summed E-state index contributed by atoms with van der Waals surface area (Å²) >= 11 is 5.80. The zero-order valence-electron chi connectivity index (χ0n) is 20.3. The molecule has 1 fully saturated rings. The third-order valence-electron chi connectivity index (χ3n) is 6.52. The molecule has 1 saturated heterocycles. The van der Waals surface area contributed by atoms with E-state index in [0.29, 0.717) is 48.5 Å². The van der Waals surface area contributed by atoms with E-state index in [9.17, 15) is 4.79 Å². The standard InChI is InChI=1S/C27H32N4O4S/c32-26-22(15-21-16-24-25(17-23(21)29-26)35-14-13-34-24)19-31(8-4-7-30-9-11-33-12-10-30)27(36)28-18-20-5-2-1-3-6-20/h1-3,5-6,15-17H,4,7-14,18-19H2,(H,28,36)(H,29,32). The number of hydrogen-bond donors (Lipinski definition) is 2. The zero-order valence-corrected chi connectivity index (χ0v) is 21.1. The number of aromatic nitrogens is 1. The highest BCUT2D eigenvalue weighted by atomic mass is 32.1. The number of benzene rings is 2. The molecule has 2 aliphatic rings. The average molecular weight is 509 g/mol. The predicted molar refractivity (Wildman–Crippen MR) is 144 cm³/mol. The maximum Gasteiger partial charge on any atom is 0.253 e. The van der Waals surface area contributed by atoms with Crippen LogP contribution in [0.2, 0.25) is 0 Å². The first kappa shape index (κ1) is 24.5. The molecule has 0 atom stereocenters. The van der Waals surface area contributed by atoms with Crippen molar-refractivity contribution in [3.05, 3.63) is 70.0 Å². The Morgan fingerprint density at radius 2 is 1.78 bits per heavy atom. The molecular weight excluding hydrogens is 476 g/mol. The van der Waals surface area contributed by atoms with Crippen LogP contribution in [0, 0.1) is 0 Å². The third kappa shape index (κ3) is 6.16. The number of H-pyrrole nitrogens is 1. The van der Waals surface area contributed by atoms with E-state index in [1.54, 1.807) is 0 Å². The van der Waals surface area contributed by atoms with E-state index in [4.69, 9.17) is 26.4 Å². The second-order valence-corrected chi connectivity index (χ2v) is 9.47. The molecule has 3 heterocycles. The Balaban J connectivity index is 1.32. The summed E-state index contributed by atoms with van der Waals surface area (Å²) in [6.07, 6.45) is 0.942. The number of rotatable bonds is 8. The van der Waals surface area contributed by atoms with Crippen LogP contribution in [0.3, 0.4) is 0 Å². The van der Waals surface area contributed by atoms with Crippen LogP contribution in [0.5, 0.6) is 11.5 Å². The van der Waals surface area contributed by atoms with Gasteiger partial charge in [0.25, 0.3) is 5.56 Å². The second-order valence-electron chi connectivity index (χ2n) is 9.08. The first-order valence-corrected chi connectivity index (χ1v) is 12.9. The van der Waals surface area contributed by atoms with Crippen LogP contribution in [0.15, 0.2) is 53.3 Å². The Bertz CT molecular complexity index is 1240. The molecule has 2 N–H and O–H groups in total. The van der Waals surface area contributed by atoms with Crippen LogP contribution in [-0.4, -0.2) is 72.5 Å². The number of pyridine rings is 1. The molecule has 0 spiro atoms. The molecule has 0 radical (unpaired) electrons. The lowest BCUT2D eigenvalue weighted by atomic mass is 10.1. The lowest BCUT2D eigenvalue weighted by molar-refractivity contribution is 0.0367. The highest BCUT2D eigenvalue weighted by molar-refractivity contribution is 7.80. The Morgan fingerprint density at radius 1 is 1.03 bits per heavy atom. The molecule has 36 heavy (non-hydrogen) atoms. The van der Waals surface area contributed by atoms with Gasteiger partial charge in [0, 0.05) is 49.7 Å². The van der Waals surface area contributed by atoms with Crippen molar-refractivity contribution in [2.45, 2.75) is 19.5 Å². The van der Waals surface area contributed by atoms with Crippen molar-refractivity contribution >= 4 is 28.2 Å². The number of aromatic amines is 1. The highest BCUT2D eigenvalue weighted by Crippen LogP contribution is 2.33. The fourth-order valence-electron chi connectivity index (χ4n) is 4.56. The van der Waals surface area contributed by atoms with Crippen molar-refractivity contribution < 1.29 is 14.2 Å². The van der Waals surface area contributed by atoms with Gasteiger partial charge in [-0.15, -0.1) is 0 Å². The van der Waals surface area contributed by atoms with Gasteiger partial charge in [-0.1, -0.05) is 30.3 Å². The van der Waals surface area contributed by atoms with Gasteiger partial charge in [0.2, 0.25) is 0 Å². The Morgan fingerprint density at radius 3 is 2.56 bits per heavy atom. The molecule has 0 amide bonds.